The Morgan fingerprint density at radius 3 is 2.50 bits per heavy atom. The lowest BCUT2D eigenvalue weighted by molar-refractivity contribution is -0.137. The maximum absolute atomic E-state index is 12.8. The van der Waals surface area contributed by atoms with Crippen LogP contribution in [0.3, 0.4) is 0 Å². The van der Waals surface area contributed by atoms with Gasteiger partial charge in [-0.2, -0.15) is 18.3 Å². The summed E-state index contributed by atoms with van der Waals surface area (Å²) in [5, 5.41) is 5.14. The molecule has 26 heavy (non-hydrogen) atoms. The molecule has 0 radical (unpaired) electrons. The topological polar surface area (TPSA) is 56.7 Å². The van der Waals surface area contributed by atoms with Crippen molar-refractivity contribution >= 4 is 34.6 Å². The van der Waals surface area contributed by atoms with Gasteiger partial charge >= 0.3 is 6.18 Å². The summed E-state index contributed by atoms with van der Waals surface area (Å²) in [5.41, 5.74) is 4.92. The summed E-state index contributed by atoms with van der Waals surface area (Å²) in [4.78, 5) is 12.5. The second-order valence-corrected chi connectivity index (χ2v) is 5.74. The van der Waals surface area contributed by atoms with Crippen molar-refractivity contribution in [2.45, 2.75) is 6.18 Å². The molecule has 2 aromatic rings. The number of anilines is 2. The van der Waals surface area contributed by atoms with Gasteiger partial charge in [0.15, 0.2) is 5.71 Å². The van der Waals surface area contributed by atoms with Crippen LogP contribution in [0, 0.1) is 0 Å². The maximum Gasteiger partial charge on any atom is 0.416 e. The van der Waals surface area contributed by atoms with Gasteiger partial charge in [0.2, 0.25) is 0 Å². The van der Waals surface area contributed by atoms with Crippen LogP contribution in [0.1, 0.15) is 5.56 Å². The van der Waals surface area contributed by atoms with Crippen LogP contribution < -0.4 is 15.9 Å². The number of hydrazine groups is 1. The van der Waals surface area contributed by atoms with E-state index in [1.54, 1.807) is 30.3 Å². The third-order valence-corrected chi connectivity index (χ3v) is 3.86. The summed E-state index contributed by atoms with van der Waals surface area (Å²) in [6.45, 7) is 3.70. The number of hydrazone groups is 1. The van der Waals surface area contributed by atoms with Crippen molar-refractivity contribution in [3.05, 3.63) is 71.4 Å². The first kappa shape index (κ1) is 17.8. The van der Waals surface area contributed by atoms with Gasteiger partial charge in [-0.3, -0.25) is 15.6 Å². The molecule has 9 heteroatoms. The lowest BCUT2D eigenvalue weighted by atomic mass is 10.2. The van der Waals surface area contributed by atoms with Crippen LogP contribution in [0.4, 0.5) is 24.5 Å². The summed E-state index contributed by atoms with van der Waals surface area (Å²) in [6, 6.07) is 11.5. The Hall–Kier alpha value is -3.00. The number of nitrogens with one attached hydrogen (secondary N) is 2. The fourth-order valence-corrected chi connectivity index (χ4v) is 2.41. The van der Waals surface area contributed by atoms with E-state index in [0.29, 0.717) is 5.69 Å². The fourth-order valence-electron chi connectivity index (χ4n) is 2.25. The smallest absolute Gasteiger partial charge is 0.289 e. The number of hydrogen-bond donors (Lipinski definition) is 2. The lowest BCUT2D eigenvalue weighted by Gasteiger charge is -2.14. The van der Waals surface area contributed by atoms with Crippen molar-refractivity contribution in [3.8, 4) is 0 Å². The van der Waals surface area contributed by atoms with E-state index in [9.17, 15) is 18.0 Å². The van der Waals surface area contributed by atoms with Gasteiger partial charge in [-0.15, -0.1) is 0 Å². The van der Waals surface area contributed by atoms with Gasteiger partial charge in [0.25, 0.3) is 5.91 Å². The minimum Gasteiger partial charge on any atom is -0.289 e. The molecule has 1 amide bonds. The Morgan fingerprint density at radius 2 is 1.85 bits per heavy atom. The normalized spacial score (nSPS) is 16.2. The molecular formula is C17H12ClF3N4O. The SMILES string of the molecule is C=C1NN(c2ccccc2)C(=O)/C1=N/Nc1cc(C(F)(F)F)ccc1Cl. The standard InChI is InChI=1S/C17H12ClF3N4O/c1-10-15(16(26)25(24-10)12-5-3-2-4-6-12)23-22-14-9-11(17(19,20)21)7-8-13(14)18/h2-9,22,24H,1H2/b23-15+. The van der Waals surface area contributed by atoms with Crippen LogP contribution >= 0.6 is 11.6 Å². The van der Waals surface area contributed by atoms with E-state index in [-0.39, 0.29) is 22.1 Å². The molecule has 1 aliphatic rings. The van der Waals surface area contributed by atoms with Crippen LogP contribution in [-0.4, -0.2) is 11.6 Å². The Balaban J connectivity index is 1.85. The molecule has 5 nitrogen and oxygen atoms in total. The first-order valence-corrected chi connectivity index (χ1v) is 7.71. The van der Waals surface area contributed by atoms with Crippen molar-refractivity contribution in [1.82, 2.24) is 5.43 Å². The van der Waals surface area contributed by atoms with Gasteiger partial charge in [0.05, 0.1) is 27.7 Å². The van der Waals surface area contributed by atoms with Crippen LogP contribution in [0.5, 0.6) is 0 Å². The van der Waals surface area contributed by atoms with E-state index in [1.807, 2.05) is 0 Å². The van der Waals surface area contributed by atoms with Crippen molar-refractivity contribution in [3.63, 3.8) is 0 Å². The van der Waals surface area contributed by atoms with Crippen molar-refractivity contribution < 1.29 is 18.0 Å². The molecule has 0 aromatic heterocycles. The van der Waals surface area contributed by atoms with Crippen LogP contribution in [0.25, 0.3) is 0 Å². The first-order valence-electron chi connectivity index (χ1n) is 7.33. The average Bonchev–Trinajstić information content (AvgIpc) is 2.88. The third kappa shape index (κ3) is 3.50. The fraction of sp³-hybridized carbons (Fsp3) is 0.0588. The molecule has 1 heterocycles. The number of benzene rings is 2. The van der Waals surface area contributed by atoms with Gasteiger partial charge < -0.3 is 0 Å². The van der Waals surface area contributed by atoms with Crippen LogP contribution in [-0.2, 0) is 11.0 Å². The molecule has 0 atom stereocenters. The maximum atomic E-state index is 12.8. The highest BCUT2D eigenvalue weighted by molar-refractivity contribution is 6.51. The Labute approximate surface area is 151 Å². The summed E-state index contributed by atoms with van der Waals surface area (Å²) >= 11 is 5.90. The molecule has 1 saturated heterocycles. The number of alkyl halides is 3. The third-order valence-electron chi connectivity index (χ3n) is 3.53. The zero-order chi connectivity index (χ0) is 18.9. The Bertz CT molecular complexity index is 897. The monoisotopic (exact) mass is 380 g/mol. The van der Waals surface area contributed by atoms with Crippen molar-refractivity contribution in [2.75, 3.05) is 10.4 Å². The molecular weight excluding hydrogens is 369 g/mol. The molecule has 3 rings (SSSR count). The van der Waals surface area contributed by atoms with Gasteiger partial charge in [-0.1, -0.05) is 36.4 Å². The Morgan fingerprint density at radius 1 is 1.15 bits per heavy atom. The molecule has 0 spiro atoms. The quantitative estimate of drug-likeness (QED) is 0.785. The number of carbonyl (C=O) groups is 1. The summed E-state index contributed by atoms with van der Waals surface area (Å²) in [7, 11) is 0. The van der Waals surface area contributed by atoms with Gasteiger partial charge in [-0.05, 0) is 30.3 Å². The van der Waals surface area contributed by atoms with Gasteiger partial charge in [0, 0.05) is 0 Å². The highest BCUT2D eigenvalue weighted by Crippen LogP contribution is 2.34. The molecule has 0 bridgehead atoms. The zero-order valence-electron chi connectivity index (χ0n) is 13.1. The van der Waals surface area contributed by atoms with Gasteiger partial charge in [0.1, 0.15) is 0 Å². The molecule has 2 aromatic carbocycles. The molecule has 1 aliphatic heterocycles. The first-order chi connectivity index (χ1) is 12.3. The van der Waals surface area contributed by atoms with E-state index >= 15 is 0 Å². The number of halogens is 4. The summed E-state index contributed by atoms with van der Waals surface area (Å²) < 4.78 is 38.4. The number of carbonyl (C=O) groups excluding carboxylic acids is 1. The minimum atomic E-state index is -4.52. The molecule has 134 valence electrons. The number of hydrogen-bond acceptors (Lipinski definition) is 4. The summed E-state index contributed by atoms with van der Waals surface area (Å²) in [6.07, 6.45) is -4.52. The highest BCUT2D eigenvalue weighted by Gasteiger charge is 2.33. The van der Waals surface area contributed by atoms with E-state index < -0.39 is 17.6 Å². The molecule has 0 aliphatic carbocycles. The van der Waals surface area contributed by atoms with Crippen LogP contribution in [0.2, 0.25) is 5.02 Å². The van der Waals surface area contributed by atoms with E-state index in [4.69, 9.17) is 11.6 Å². The lowest BCUT2D eigenvalue weighted by Crippen LogP contribution is -2.34. The van der Waals surface area contributed by atoms with Crippen molar-refractivity contribution in [2.24, 2.45) is 5.10 Å². The second kappa shape index (κ2) is 6.72. The number of amides is 1. The second-order valence-electron chi connectivity index (χ2n) is 5.33. The predicted molar refractivity (Wildman–Crippen MR) is 93.7 cm³/mol. The number of rotatable bonds is 3. The van der Waals surface area contributed by atoms with Crippen molar-refractivity contribution in [1.29, 1.82) is 0 Å². The minimum absolute atomic E-state index is 0.0336. The summed E-state index contributed by atoms with van der Waals surface area (Å²) in [5.74, 6) is -0.503. The van der Waals surface area contributed by atoms with E-state index in [0.717, 1.165) is 18.2 Å². The van der Waals surface area contributed by atoms with Crippen LogP contribution in [0.15, 0.2) is 65.9 Å². The van der Waals surface area contributed by atoms with Gasteiger partial charge in [-0.25, -0.2) is 5.01 Å². The van der Waals surface area contributed by atoms with E-state index in [2.05, 4.69) is 22.5 Å². The van der Waals surface area contributed by atoms with E-state index in [1.165, 1.54) is 5.01 Å². The zero-order valence-corrected chi connectivity index (χ0v) is 13.9. The molecule has 2 N–H and O–H groups in total. The largest absolute Gasteiger partial charge is 0.416 e. The highest BCUT2D eigenvalue weighted by atomic mass is 35.5. The number of para-hydroxylation sites is 1. The molecule has 0 unspecified atom stereocenters. The Kier molecular flexibility index (Phi) is 4.60. The average molecular weight is 381 g/mol. The predicted octanol–water partition coefficient (Wildman–Crippen LogP) is 4.19. The number of nitrogens with zero attached hydrogens (tertiary/aromatic N) is 2. The molecule has 1 fully saturated rings. The molecule has 0 saturated carbocycles.